The van der Waals surface area contributed by atoms with Gasteiger partial charge in [0.15, 0.2) is 0 Å². The van der Waals surface area contributed by atoms with Gasteiger partial charge in [0.2, 0.25) is 0 Å². The Kier molecular flexibility index (Phi) is 5.14. The van der Waals surface area contributed by atoms with Gasteiger partial charge in [0.25, 0.3) is 10.0 Å². The smallest absolute Gasteiger partial charge is 0.337 e. The van der Waals surface area contributed by atoms with E-state index in [2.05, 4.69) is 4.72 Å². The van der Waals surface area contributed by atoms with Crippen LogP contribution in [-0.4, -0.2) is 26.6 Å². The van der Waals surface area contributed by atoms with Crippen molar-refractivity contribution in [2.45, 2.75) is 4.90 Å². The molecule has 0 unspecified atom stereocenters. The number of carbonyl (C=O) groups is 1. The lowest BCUT2D eigenvalue weighted by Gasteiger charge is -2.14. The van der Waals surface area contributed by atoms with Crippen LogP contribution in [0.5, 0.6) is 5.75 Å². The minimum atomic E-state index is -4.05. The van der Waals surface area contributed by atoms with Crippen LogP contribution < -0.4 is 9.46 Å². The van der Waals surface area contributed by atoms with E-state index >= 15 is 0 Å². The van der Waals surface area contributed by atoms with Crippen molar-refractivity contribution < 1.29 is 23.1 Å². The quantitative estimate of drug-likeness (QED) is 0.674. The molecule has 0 aliphatic carbocycles. The van der Waals surface area contributed by atoms with E-state index in [-0.39, 0.29) is 21.9 Å². The van der Waals surface area contributed by atoms with Gasteiger partial charge in [-0.05, 0) is 35.4 Å². The minimum absolute atomic E-state index is 0.0187. The number of aromatic carboxylic acids is 1. The summed E-state index contributed by atoms with van der Waals surface area (Å²) < 4.78 is 33.1. The zero-order chi connectivity index (χ0) is 19.4. The van der Waals surface area contributed by atoms with Crippen molar-refractivity contribution >= 4 is 21.7 Å². The van der Waals surface area contributed by atoms with Crippen LogP contribution in [0.4, 0.5) is 5.69 Å². The molecule has 3 aromatic rings. The van der Waals surface area contributed by atoms with Crippen molar-refractivity contribution in [3.05, 3.63) is 78.4 Å². The van der Waals surface area contributed by atoms with E-state index in [1.165, 1.54) is 31.4 Å². The SMILES string of the molecule is COc1ccccc1S(=O)(=O)Nc1cc(-c2ccccc2)ccc1C(=O)O. The van der Waals surface area contributed by atoms with Crippen LogP contribution in [0.15, 0.2) is 77.7 Å². The molecule has 0 atom stereocenters. The zero-order valence-electron chi connectivity index (χ0n) is 14.4. The first-order valence-corrected chi connectivity index (χ1v) is 9.49. The van der Waals surface area contributed by atoms with E-state index in [9.17, 15) is 18.3 Å². The van der Waals surface area contributed by atoms with E-state index in [1.807, 2.05) is 30.3 Å². The number of hydrogen-bond donors (Lipinski definition) is 2. The number of nitrogens with one attached hydrogen (secondary N) is 1. The summed E-state index contributed by atoms with van der Waals surface area (Å²) in [6.07, 6.45) is 0. The number of carboxylic acids is 1. The second-order valence-corrected chi connectivity index (χ2v) is 7.34. The summed E-state index contributed by atoms with van der Waals surface area (Å²) in [4.78, 5) is 11.5. The predicted molar refractivity (Wildman–Crippen MR) is 103 cm³/mol. The second kappa shape index (κ2) is 7.51. The van der Waals surface area contributed by atoms with E-state index in [0.717, 1.165) is 5.56 Å². The normalized spacial score (nSPS) is 11.0. The molecule has 3 rings (SSSR count). The zero-order valence-corrected chi connectivity index (χ0v) is 15.2. The highest BCUT2D eigenvalue weighted by Crippen LogP contribution is 2.30. The monoisotopic (exact) mass is 383 g/mol. The number of hydrogen-bond acceptors (Lipinski definition) is 4. The fourth-order valence-corrected chi connectivity index (χ4v) is 3.91. The third-order valence-electron chi connectivity index (χ3n) is 3.96. The number of sulfonamides is 1. The molecule has 0 amide bonds. The van der Waals surface area contributed by atoms with Gasteiger partial charge < -0.3 is 9.84 Å². The lowest BCUT2D eigenvalue weighted by molar-refractivity contribution is 0.0698. The van der Waals surface area contributed by atoms with Crippen molar-refractivity contribution in [3.8, 4) is 16.9 Å². The van der Waals surface area contributed by atoms with Gasteiger partial charge in [-0.15, -0.1) is 0 Å². The Labute approximate surface area is 157 Å². The Bertz CT molecular complexity index is 1080. The van der Waals surface area contributed by atoms with Crippen molar-refractivity contribution in [1.29, 1.82) is 0 Å². The molecule has 27 heavy (non-hydrogen) atoms. The standard InChI is InChI=1S/C20H17NO5S/c1-26-18-9-5-6-10-19(18)27(24,25)21-17-13-15(11-12-16(17)20(22)23)14-7-3-2-4-8-14/h2-13,21H,1H3,(H,22,23). The van der Waals surface area contributed by atoms with Gasteiger partial charge in [0.1, 0.15) is 10.6 Å². The maximum absolute atomic E-state index is 12.8. The molecule has 0 saturated carbocycles. The van der Waals surface area contributed by atoms with Gasteiger partial charge in [-0.1, -0.05) is 48.5 Å². The van der Waals surface area contributed by atoms with Gasteiger partial charge in [-0.2, -0.15) is 0 Å². The minimum Gasteiger partial charge on any atom is -0.495 e. The van der Waals surface area contributed by atoms with Crippen molar-refractivity contribution in [2.24, 2.45) is 0 Å². The molecule has 0 aliphatic rings. The maximum Gasteiger partial charge on any atom is 0.337 e. The molecule has 0 aliphatic heterocycles. The third-order valence-corrected chi connectivity index (χ3v) is 5.36. The van der Waals surface area contributed by atoms with E-state index < -0.39 is 16.0 Å². The molecule has 7 heteroatoms. The summed E-state index contributed by atoms with van der Waals surface area (Å²) in [6.45, 7) is 0. The van der Waals surface area contributed by atoms with Crippen LogP contribution in [0.2, 0.25) is 0 Å². The summed E-state index contributed by atoms with van der Waals surface area (Å²) in [5.74, 6) is -1.06. The Morgan fingerprint density at radius 2 is 1.59 bits per heavy atom. The summed E-state index contributed by atoms with van der Waals surface area (Å²) in [5, 5.41) is 9.44. The maximum atomic E-state index is 12.8. The van der Waals surface area contributed by atoms with Crippen LogP contribution in [0.1, 0.15) is 10.4 Å². The van der Waals surface area contributed by atoms with Crippen LogP contribution in [0, 0.1) is 0 Å². The fraction of sp³-hybridized carbons (Fsp3) is 0.0500. The molecular formula is C20H17NO5S. The number of benzene rings is 3. The average molecular weight is 383 g/mol. The van der Waals surface area contributed by atoms with Crippen LogP contribution in [0.25, 0.3) is 11.1 Å². The number of methoxy groups -OCH3 is 1. The Morgan fingerprint density at radius 3 is 2.26 bits per heavy atom. The summed E-state index contributed by atoms with van der Waals surface area (Å²) >= 11 is 0. The highest BCUT2D eigenvalue weighted by molar-refractivity contribution is 7.92. The molecule has 0 radical (unpaired) electrons. The summed E-state index contributed by atoms with van der Waals surface area (Å²) in [5.41, 5.74) is 1.37. The van der Waals surface area contributed by atoms with Gasteiger partial charge in [-0.3, -0.25) is 4.72 Å². The van der Waals surface area contributed by atoms with Crippen molar-refractivity contribution in [2.75, 3.05) is 11.8 Å². The van der Waals surface area contributed by atoms with E-state index in [0.29, 0.717) is 5.56 Å². The molecule has 0 heterocycles. The molecule has 0 fully saturated rings. The molecule has 6 nitrogen and oxygen atoms in total. The number of rotatable bonds is 6. The number of para-hydroxylation sites is 1. The topological polar surface area (TPSA) is 92.7 Å². The summed E-state index contributed by atoms with van der Waals surface area (Å²) in [6, 6.07) is 19.9. The molecule has 0 spiro atoms. The molecule has 0 saturated heterocycles. The lowest BCUT2D eigenvalue weighted by atomic mass is 10.0. The highest BCUT2D eigenvalue weighted by Gasteiger charge is 2.22. The Hall–Kier alpha value is -3.32. The van der Waals surface area contributed by atoms with Gasteiger partial charge >= 0.3 is 5.97 Å². The van der Waals surface area contributed by atoms with Gasteiger partial charge in [0, 0.05) is 0 Å². The summed E-state index contributed by atoms with van der Waals surface area (Å²) in [7, 11) is -2.68. The molecule has 0 bridgehead atoms. The molecule has 3 aromatic carbocycles. The average Bonchev–Trinajstić information content (AvgIpc) is 2.68. The first-order chi connectivity index (χ1) is 12.9. The van der Waals surface area contributed by atoms with Crippen LogP contribution in [0.3, 0.4) is 0 Å². The van der Waals surface area contributed by atoms with Crippen molar-refractivity contribution in [3.63, 3.8) is 0 Å². The lowest BCUT2D eigenvalue weighted by Crippen LogP contribution is -2.16. The molecular weight excluding hydrogens is 366 g/mol. The predicted octanol–water partition coefficient (Wildman–Crippen LogP) is 3.86. The van der Waals surface area contributed by atoms with Crippen LogP contribution >= 0.6 is 0 Å². The highest BCUT2D eigenvalue weighted by atomic mass is 32.2. The number of ether oxygens (including phenoxy) is 1. The second-order valence-electron chi connectivity index (χ2n) is 5.69. The van der Waals surface area contributed by atoms with E-state index in [4.69, 9.17) is 4.74 Å². The number of carboxylic acid groups (broad SMARTS) is 1. The Balaban J connectivity index is 2.08. The van der Waals surface area contributed by atoms with Gasteiger partial charge in [0.05, 0.1) is 18.4 Å². The molecule has 2 N–H and O–H groups in total. The first-order valence-electron chi connectivity index (χ1n) is 8.01. The van der Waals surface area contributed by atoms with E-state index in [1.54, 1.807) is 18.2 Å². The third kappa shape index (κ3) is 3.93. The Morgan fingerprint density at radius 1 is 0.926 bits per heavy atom. The number of anilines is 1. The molecule has 138 valence electrons. The molecule has 0 aromatic heterocycles. The largest absolute Gasteiger partial charge is 0.495 e. The fourth-order valence-electron chi connectivity index (χ4n) is 2.67. The van der Waals surface area contributed by atoms with Crippen molar-refractivity contribution in [1.82, 2.24) is 0 Å². The first kappa shape index (κ1) is 18.5. The van der Waals surface area contributed by atoms with Crippen LogP contribution in [-0.2, 0) is 10.0 Å². The van der Waals surface area contributed by atoms with Gasteiger partial charge in [-0.25, -0.2) is 13.2 Å².